The third kappa shape index (κ3) is 3.36. The van der Waals surface area contributed by atoms with Crippen molar-refractivity contribution in [1.82, 2.24) is 15.0 Å². The Bertz CT molecular complexity index is 1300. The maximum Gasteiger partial charge on any atom is 0.419 e. The molecule has 1 aromatic carbocycles. The summed E-state index contributed by atoms with van der Waals surface area (Å²) in [5.74, 6) is -0.0679. The van der Waals surface area contributed by atoms with E-state index in [2.05, 4.69) is 15.0 Å². The largest absolute Gasteiger partial charge is 0.419 e. The van der Waals surface area contributed by atoms with Crippen molar-refractivity contribution in [3.8, 4) is 17.3 Å². The number of H-pyrrole nitrogens is 1. The molecule has 0 amide bonds. The molecular weight excluding hydrogens is 443 g/mol. The molecule has 156 valence electrons. The van der Waals surface area contributed by atoms with Crippen molar-refractivity contribution in [2.24, 2.45) is 0 Å². The molecule has 0 unspecified atom stereocenters. The highest BCUT2D eigenvalue weighted by molar-refractivity contribution is 7.92. The quantitative estimate of drug-likeness (QED) is 0.586. The fourth-order valence-corrected chi connectivity index (χ4v) is 5.34. The van der Waals surface area contributed by atoms with Crippen LogP contribution in [0.1, 0.15) is 24.0 Å². The van der Waals surface area contributed by atoms with Gasteiger partial charge in [-0.1, -0.05) is 6.07 Å². The van der Waals surface area contributed by atoms with Crippen LogP contribution < -0.4 is 4.31 Å². The maximum atomic E-state index is 13.5. The minimum atomic E-state index is -4.73. The third-order valence-electron chi connectivity index (χ3n) is 4.87. The third-order valence-corrected chi connectivity index (χ3v) is 6.89. The number of anilines is 1. The number of alkyl halides is 3. The highest BCUT2D eigenvalue weighted by Crippen LogP contribution is 2.42. The standard InChI is InChI=1S/C18H13ClF3N5O2S/c19-17-25-9-13(18(20,21)22)14(26-17)12-8-24-15-11(12)4-3-10(7-23)16(15)27-5-1-2-6-30(27,28)29/h3-4,8-9,24H,1-2,5-6H2. The molecule has 0 spiro atoms. The van der Waals surface area contributed by atoms with E-state index in [4.69, 9.17) is 11.6 Å². The Labute approximate surface area is 174 Å². The van der Waals surface area contributed by atoms with Gasteiger partial charge >= 0.3 is 6.18 Å². The number of nitriles is 1. The van der Waals surface area contributed by atoms with Gasteiger partial charge in [0.05, 0.1) is 28.2 Å². The summed E-state index contributed by atoms with van der Waals surface area (Å²) in [6.45, 7) is 0.178. The maximum absolute atomic E-state index is 13.5. The van der Waals surface area contributed by atoms with Gasteiger partial charge in [-0.05, 0) is 30.5 Å². The zero-order valence-corrected chi connectivity index (χ0v) is 16.7. The van der Waals surface area contributed by atoms with Gasteiger partial charge in [-0.15, -0.1) is 0 Å². The lowest BCUT2D eigenvalue weighted by atomic mass is 10.0. The van der Waals surface area contributed by atoms with Gasteiger partial charge in [-0.3, -0.25) is 4.31 Å². The van der Waals surface area contributed by atoms with Crippen LogP contribution in [-0.2, 0) is 16.2 Å². The lowest BCUT2D eigenvalue weighted by Crippen LogP contribution is -2.38. The van der Waals surface area contributed by atoms with Gasteiger partial charge < -0.3 is 4.98 Å². The predicted octanol–water partition coefficient (Wildman–Crippen LogP) is 4.10. The van der Waals surface area contributed by atoms with E-state index in [9.17, 15) is 26.9 Å². The van der Waals surface area contributed by atoms with E-state index in [1.165, 1.54) is 18.3 Å². The molecule has 1 aliphatic rings. The minimum absolute atomic E-state index is 0.0679. The number of nitrogens with zero attached hydrogens (tertiary/aromatic N) is 4. The topological polar surface area (TPSA) is 103 Å². The normalized spacial score (nSPS) is 16.6. The zero-order chi connectivity index (χ0) is 21.7. The summed E-state index contributed by atoms with van der Waals surface area (Å²) in [5.41, 5.74) is -0.998. The van der Waals surface area contributed by atoms with E-state index in [0.717, 1.165) is 4.31 Å². The van der Waals surface area contributed by atoms with E-state index >= 15 is 0 Å². The fraction of sp³-hybridized carbons (Fsp3) is 0.278. The fourth-order valence-electron chi connectivity index (χ4n) is 3.54. The van der Waals surface area contributed by atoms with Crippen LogP contribution in [0.2, 0.25) is 5.28 Å². The number of rotatable bonds is 2. The highest BCUT2D eigenvalue weighted by Gasteiger charge is 2.36. The number of sulfonamides is 1. The molecule has 1 aliphatic heterocycles. The highest BCUT2D eigenvalue weighted by atomic mass is 35.5. The van der Waals surface area contributed by atoms with Crippen LogP contribution in [0.5, 0.6) is 0 Å². The molecule has 1 saturated heterocycles. The number of nitrogens with one attached hydrogen (secondary N) is 1. The Morgan fingerprint density at radius 3 is 2.70 bits per heavy atom. The molecule has 4 rings (SSSR count). The van der Waals surface area contributed by atoms with Crippen LogP contribution in [0.15, 0.2) is 24.5 Å². The monoisotopic (exact) mass is 455 g/mol. The number of halogens is 4. The van der Waals surface area contributed by atoms with E-state index in [1.54, 1.807) is 0 Å². The molecule has 0 atom stereocenters. The lowest BCUT2D eigenvalue weighted by molar-refractivity contribution is -0.137. The minimum Gasteiger partial charge on any atom is -0.359 e. The smallest absolute Gasteiger partial charge is 0.359 e. The Balaban J connectivity index is 2.00. The van der Waals surface area contributed by atoms with Crippen LogP contribution in [0.25, 0.3) is 22.2 Å². The first-order valence-corrected chi connectivity index (χ1v) is 10.8. The van der Waals surface area contributed by atoms with Crippen molar-refractivity contribution in [1.29, 1.82) is 5.26 Å². The van der Waals surface area contributed by atoms with Crippen molar-refractivity contribution >= 4 is 38.2 Å². The second-order valence-corrected chi connectivity index (χ2v) is 9.04. The van der Waals surface area contributed by atoms with Gasteiger partial charge in [0.2, 0.25) is 15.3 Å². The van der Waals surface area contributed by atoms with Gasteiger partial charge in [-0.25, -0.2) is 18.4 Å². The molecule has 0 bridgehead atoms. The van der Waals surface area contributed by atoms with Crippen molar-refractivity contribution in [2.75, 3.05) is 16.6 Å². The molecule has 12 heteroatoms. The average molecular weight is 456 g/mol. The Kier molecular flexibility index (Phi) is 4.86. The molecule has 0 aliphatic carbocycles. The Hall–Kier alpha value is -2.84. The summed E-state index contributed by atoms with van der Waals surface area (Å²) >= 11 is 5.74. The van der Waals surface area contributed by atoms with Gasteiger partial charge in [0.1, 0.15) is 11.6 Å². The molecule has 0 saturated carbocycles. The number of fused-ring (bicyclic) bond motifs is 1. The summed E-state index contributed by atoms with van der Waals surface area (Å²) < 4.78 is 66.9. The van der Waals surface area contributed by atoms with Gasteiger partial charge in [-0.2, -0.15) is 18.4 Å². The van der Waals surface area contributed by atoms with Gasteiger partial charge in [0.25, 0.3) is 0 Å². The number of hydrogen-bond acceptors (Lipinski definition) is 5. The molecule has 7 nitrogen and oxygen atoms in total. The van der Waals surface area contributed by atoms with Gasteiger partial charge in [0, 0.05) is 29.9 Å². The molecule has 30 heavy (non-hydrogen) atoms. The van der Waals surface area contributed by atoms with Crippen molar-refractivity contribution < 1.29 is 21.6 Å². The van der Waals surface area contributed by atoms with Crippen LogP contribution in [0, 0.1) is 11.3 Å². The van der Waals surface area contributed by atoms with E-state index in [-0.39, 0.29) is 45.3 Å². The van der Waals surface area contributed by atoms with Crippen molar-refractivity contribution in [3.63, 3.8) is 0 Å². The number of aromatic nitrogens is 3. The summed E-state index contributed by atoms with van der Waals surface area (Å²) in [6.07, 6.45) is -1.73. The number of benzene rings is 1. The first kappa shape index (κ1) is 20.4. The van der Waals surface area contributed by atoms with Crippen LogP contribution in [-0.4, -0.2) is 35.7 Å². The number of aromatic amines is 1. The van der Waals surface area contributed by atoms with Gasteiger partial charge in [0.15, 0.2) is 0 Å². The van der Waals surface area contributed by atoms with Crippen LogP contribution >= 0.6 is 11.6 Å². The zero-order valence-electron chi connectivity index (χ0n) is 15.2. The molecule has 1 N–H and O–H groups in total. The summed E-state index contributed by atoms with van der Waals surface area (Å²) in [5, 5.41) is 9.44. The molecule has 2 aromatic heterocycles. The summed E-state index contributed by atoms with van der Waals surface area (Å²) in [4.78, 5) is 10.0. The average Bonchev–Trinajstić information content (AvgIpc) is 3.10. The Morgan fingerprint density at radius 2 is 2.03 bits per heavy atom. The Morgan fingerprint density at radius 1 is 1.27 bits per heavy atom. The SMILES string of the molecule is N#Cc1ccc2c(-c3nc(Cl)ncc3C(F)(F)F)c[nH]c2c1N1CCCCS1(=O)=O. The van der Waals surface area contributed by atoms with Crippen LogP contribution in [0.3, 0.4) is 0 Å². The summed E-state index contributed by atoms with van der Waals surface area (Å²) in [7, 11) is -3.66. The van der Waals surface area contributed by atoms with E-state index < -0.39 is 27.5 Å². The molecular formula is C18H13ClF3N5O2S. The first-order chi connectivity index (χ1) is 14.1. The molecule has 3 aromatic rings. The second-order valence-electron chi connectivity index (χ2n) is 6.69. The van der Waals surface area contributed by atoms with Crippen molar-refractivity contribution in [3.05, 3.63) is 40.9 Å². The lowest BCUT2D eigenvalue weighted by Gasteiger charge is -2.29. The second kappa shape index (κ2) is 7.14. The van der Waals surface area contributed by atoms with E-state index in [0.29, 0.717) is 19.0 Å². The molecule has 1 fully saturated rings. The molecule has 3 heterocycles. The first-order valence-electron chi connectivity index (χ1n) is 8.78. The summed E-state index contributed by atoms with van der Waals surface area (Å²) in [6, 6.07) is 4.80. The number of hydrogen-bond donors (Lipinski definition) is 1. The van der Waals surface area contributed by atoms with Crippen molar-refractivity contribution in [2.45, 2.75) is 19.0 Å². The van der Waals surface area contributed by atoms with E-state index in [1.807, 2.05) is 6.07 Å². The van der Waals surface area contributed by atoms with Crippen LogP contribution in [0.4, 0.5) is 18.9 Å². The molecule has 0 radical (unpaired) electrons. The predicted molar refractivity (Wildman–Crippen MR) is 104 cm³/mol.